The standard InChI is InChI=1S/C14H21NO/c1-10(15-13-9-14(13,2)3)11-5-7-12(16-4)8-6-11/h5-8,10,13,15H,9H2,1-4H3. The minimum Gasteiger partial charge on any atom is -0.497 e. The number of ether oxygens (including phenoxy) is 1. The van der Waals surface area contributed by atoms with Crippen LogP contribution >= 0.6 is 0 Å². The zero-order chi connectivity index (χ0) is 11.8. The van der Waals surface area contributed by atoms with E-state index >= 15 is 0 Å². The Labute approximate surface area is 98.0 Å². The van der Waals surface area contributed by atoms with E-state index in [-0.39, 0.29) is 0 Å². The molecule has 1 fully saturated rings. The summed E-state index contributed by atoms with van der Waals surface area (Å²) in [7, 11) is 1.70. The Morgan fingerprint density at radius 2 is 1.88 bits per heavy atom. The Kier molecular flexibility index (Phi) is 2.94. The van der Waals surface area contributed by atoms with Gasteiger partial charge in [-0.15, -0.1) is 0 Å². The molecule has 1 aliphatic rings. The lowest BCUT2D eigenvalue weighted by atomic mass is 10.1. The number of nitrogens with one attached hydrogen (secondary N) is 1. The summed E-state index contributed by atoms with van der Waals surface area (Å²) in [6, 6.07) is 9.39. The van der Waals surface area contributed by atoms with E-state index in [1.165, 1.54) is 12.0 Å². The van der Waals surface area contributed by atoms with Crippen molar-refractivity contribution in [2.24, 2.45) is 5.41 Å². The molecule has 1 aliphatic carbocycles. The highest BCUT2D eigenvalue weighted by Gasteiger charge is 2.45. The molecule has 16 heavy (non-hydrogen) atoms. The molecule has 0 aromatic heterocycles. The van der Waals surface area contributed by atoms with Crippen molar-refractivity contribution in [2.45, 2.75) is 39.3 Å². The molecule has 0 heterocycles. The minimum absolute atomic E-state index is 0.415. The number of rotatable bonds is 4. The third-order valence-corrected chi connectivity index (χ3v) is 3.58. The summed E-state index contributed by atoms with van der Waals surface area (Å²) in [4.78, 5) is 0. The zero-order valence-electron chi connectivity index (χ0n) is 10.6. The minimum atomic E-state index is 0.415. The molecule has 0 spiro atoms. The smallest absolute Gasteiger partial charge is 0.118 e. The Morgan fingerprint density at radius 1 is 1.31 bits per heavy atom. The summed E-state index contributed by atoms with van der Waals surface area (Å²) in [6.07, 6.45) is 1.29. The van der Waals surface area contributed by atoms with Gasteiger partial charge in [0.2, 0.25) is 0 Å². The van der Waals surface area contributed by atoms with Gasteiger partial charge in [0.25, 0.3) is 0 Å². The fraction of sp³-hybridized carbons (Fsp3) is 0.571. The van der Waals surface area contributed by atoms with E-state index in [1.807, 2.05) is 12.1 Å². The first-order valence-corrected chi connectivity index (χ1v) is 5.93. The van der Waals surface area contributed by atoms with Crippen LogP contribution in [0.1, 0.15) is 38.8 Å². The van der Waals surface area contributed by atoms with E-state index in [0.29, 0.717) is 17.5 Å². The van der Waals surface area contributed by atoms with Gasteiger partial charge >= 0.3 is 0 Å². The van der Waals surface area contributed by atoms with Crippen molar-refractivity contribution >= 4 is 0 Å². The third kappa shape index (κ3) is 2.38. The normalized spacial score (nSPS) is 23.9. The summed E-state index contributed by atoms with van der Waals surface area (Å²) in [5, 5.41) is 3.66. The van der Waals surface area contributed by atoms with Crippen LogP contribution in [0.25, 0.3) is 0 Å². The molecule has 0 bridgehead atoms. The average Bonchev–Trinajstić information content (AvgIpc) is 2.86. The van der Waals surface area contributed by atoms with E-state index < -0.39 is 0 Å². The molecule has 2 unspecified atom stereocenters. The van der Waals surface area contributed by atoms with Crippen LogP contribution in [-0.2, 0) is 0 Å². The summed E-state index contributed by atoms with van der Waals surface area (Å²) >= 11 is 0. The molecule has 2 nitrogen and oxygen atoms in total. The Hall–Kier alpha value is -1.02. The van der Waals surface area contributed by atoms with Gasteiger partial charge in [-0.3, -0.25) is 0 Å². The summed E-state index contributed by atoms with van der Waals surface area (Å²) < 4.78 is 5.16. The number of benzene rings is 1. The van der Waals surface area contributed by atoms with Crippen LogP contribution in [0.5, 0.6) is 5.75 Å². The van der Waals surface area contributed by atoms with Gasteiger partial charge in [-0.05, 0) is 36.5 Å². The molecule has 0 radical (unpaired) electrons. The maximum Gasteiger partial charge on any atom is 0.118 e. The molecule has 1 aromatic rings. The molecule has 1 N–H and O–H groups in total. The van der Waals surface area contributed by atoms with Crippen LogP contribution in [0.3, 0.4) is 0 Å². The third-order valence-electron chi connectivity index (χ3n) is 3.58. The van der Waals surface area contributed by atoms with E-state index in [9.17, 15) is 0 Å². The summed E-state index contributed by atoms with van der Waals surface area (Å²) in [5.41, 5.74) is 1.81. The molecule has 1 saturated carbocycles. The second kappa shape index (κ2) is 4.10. The molecule has 0 amide bonds. The maximum atomic E-state index is 5.16. The molecule has 2 heteroatoms. The molecular formula is C14H21NO. The topological polar surface area (TPSA) is 21.3 Å². The second-order valence-corrected chi connectivity index (χ2v) is 5.41. The Bertz CT molecular complexity index is 356. The number of hydrogen-bond acceptors (Lipinski definition) is 2. The number of methoxy groups -OCH3 is 1. The van der Waals surface area contributed by atoms with Crippen molar-refractivity contribution in [1.82, 2.24) is 5.32 Å². The molecule has 1 aromatic carbocycles. The van der Waals surface area contributed by atoms with Crippen LogP contribution in [0, 0.1) is 5.41 Å². The van der Waals surface area contributed by atoms with Crippen LogP contribution in [-0.4, -0.2) is 13.2 Å². The highest BCUT2D eigenvalue weighted by Crippen LogP contribution is 2.45. The SMILES string of the molecule is COc1ccc(C(C)NC2CC2(C)C)cc1. The maximum absolute atomic E-state index is 5.16. The highest BCUT2D eigenvalue weighted by molar-refractivity contribution is 5.29. The Balaban J connectivity index is 1.96. The van der Waals surface area contributed by atoms with Gasteiger partial charge in [0.1, 0.15) is 5.75 Å². The van der Waals surface area contributed by atoms with Crippen molar-refractivity contribution in [1.29, 1.82) is 0 Å². The van der Waals surface area contributed by atoms with Crippen molar-refractivity contribution < 1.29 is 4.74 Å². The lowest BCUT2D eigenvalue weighted by Crippen LogP contribution is -2.24. The van der Waals surface area contributed by atoms with Crippen LogP contribution in [0.2, 0.25) is 0 Å². The first kappa shape index (κ1) is 11.5. The van der Waals surface area contributed by atoms with Crippen molar-refractivity contribution in [3.05, 3.63) is 29.8 Å². The first-order chi connectivity index (χ1) is 7.53. The van der Waals surface area contributed by atoms with Crippen LogP contribution in [0.4, 0.5) is 0 Å². The van der Waals surface area contributed by atoms with Gasteiger partial charge in [0, 0.05) is 12.1 Å². The lowest BCUT2D eigenvalue weighted by Gasteiger charge is -2.16. The van der Waals surface area contributed by atoms with E-state index in [1.54, 1.807) is 7.11 Å². The lowest BCUT2D eigenvalue weighted by molar-refractivity contribution is 0.414. The van der Waals surface area contributed by atoms with Crippen molar-refractivity contribution in [3.8, 4) is 5.75 Å². The van der Waals surface area contributed by atoms with Gasteiger partial charge in [-0.25, -0.2) is 0 Å². The largest absolute Gasteiger partial charge is 0.497 e. The monoisotopic (exact) mass is 219 g/mol. The zero-order valence-corrected chi connectivity index (χ0v) is 10.6. The molecule has 2 atom stereocenters. The molecule has 0 saturated heterocycles. The molecule has 0 aliphatic heterocycles. The highest BCUT2D eigenvalue weighted by atomic mass is 16.5. The first-order valence-electron chi connectivity index (χ1n) is 5.93. The van der Waals surface area contributed by atoms with Crippen molar-refractivity contribution in [2.75, 3.05) is 7.11 Å². The van der Waals surface area contributed by atoms with E-state index in [4.69, 9.17) is 4.74 Å². The summed E-state index contributed by atoms with van der Waals surface area (Å²) in [6.45, 7) is 6.84. The predicted molar refractivity (Wildman–Crippen MR) is 66.7 cm³/mol. The quantitative estimate of drug-likeness (QED) is 0.840. The molecule has 2 rings (SSSR count). The van der Waals surface area contributed by atoms with Crippen molar-refractivity contribution in [3.63, 3.8) is 0 Å². The average molecular weight is 219 g/mol. The van der Waals surface area contributed by atoms with E-state index in [0.717, 1.165) is 5.75 Å². The van der Waals surface area contributed by atoms with Gasteiger partial charge in [-0.2, -0.15) is 0 Å². The van der Waals surface area contributed by atoms with Crippen LogP contribution < -0.4 is 10.1 Å². The van der Waals surface area contributed by atoms with Gasteiger partial charge < -0.3 is 10.1 Å². The predicted octanol–water partition coefficient (Wildman–Crippen LogP) is 3.14. The fourth-order valence-electron chi connectivity index (χ4n) is 2.04. The van der Waals surface area contributed by atoms with Crippen LogP contribution in [0.15, 0.2) is 24.3 Å². The second-order valence-electron chi connectivity index (χ2n) is 5.41. The summed E-state index contributed by atoms with van der Waals surface area (Å²) in [5.74, 6) is 0.919. The fourth-order valence-corrected chi connectivity index (χ4v) is 2.04. The Morgan fingerprint density at radius 3 is 2.31 bits per heavy atom. The van der Waals surface area contributed by atoms with E-state index in [2.05, 4.69) is 38.2 Å². The van der Waals surface area contributed by atoms with Gasteiger partial charge in [0.05, 0.1) is 7.11 Å². The molecular weight excluding hydrogens is 198 g/mol. The van der Waals surface area contributed by atoms with Gasteiger partial charge in [-0.1, -0.05) is 26.0 Å². The van der Waals surface area contributed by atoms with Gasteiger partial charge in [0.15, 0.2) is 0 Å². The number of hydrogen-bond donors (Lipinski definition) is 1. The molecule has 88 valence electrons.